The lowest BCUT2D eigenvalue weighted by Gasteiger charge is -2.17. The number of nitrogens with zero attached hydrogens (tertiary/aromatic N) is 1. The number of halogens is 1. The van der Waals surface area contributed by atoms with E-state index in [9.17, 15) is 4.79 Å². The second-order valence-electron chi connectivity index (χ2n) is 4.93. The molecule has 0 fully saturated rings. The molecule has 1 aromatic heterocycles. The molecule has 0 aromatic carbocycles. The van der Waals surface area contributed by atoms with Gasteiger partial charge >= 0.3 is 0 Å². The first kappa shape index (κ1) is 15.8. The molecule has 0 saturated heterocycles. The third-order valence-electron chi connectivity index (χ3n) is 3.17. The molecule has 2 atom stereocenters. The number of rotatable bonds is 6. The highest BCUT2D eigenvalue weighted by molar-refractivity contribution is 6.33. The molecular formula is C14H22ClN3O. The van der Waals surface area contributed by atoms with Gasteiger partial charge in [0.05, 0.1) is 10.6 Å². The summed E-state index contributed by atoms with van der Waals surface area (Å²) >= 11 is 6.01. The van der Waals surface area contributed by atoms with Crippen molar-refractivity contribution in [2.75, 3.05) is 12.4 Å². The lowest BCUT2D eigenvalue weighted by atomic mass is 10.0. The number of hydrogen-bond donors (Lipinski definition) is 2. The number of anilines is 1. The third kappa shape index (κ3) is 4.71. The van der Waals surface area contributed by atoms with Crippen molar-refractivity contribution in [3.63, 3.8) is 0 Å². The largest absolute Gasteiger partial charge is 0.372 e. The molecule has 5 heteroatoms. The topological polar surface area (TPSA) is 54.0 Å². The molecule has 2 unspecified atom stereocenters. The summed E-state index contributed by atoms with van der Waals surface area (Å²) in [6, 6.07) is 1.77. The molecule has 0 saturated carbocycles. The standard InChI is InChI=1S/C14H22ClN3O/c1-5-9(2)6-10(3)18-14(19)11-7-12(15)13(16-4)17-8-11/h7-10H,5-6H2,1-4H3,(H,16,17)(H,18,19). The summed E-state index contributed by atoms with van der Waals surface area (Å²) < 4.78 is 0. The highest BCUT2D eigenvalue weighted by Crippen LogP contribution is 2.19. The molecule has 0 radical (unpaired) electrons. The summed E-state index contributed by atoms with van der Waals surface area (Å²) in [6.45, 7) is 6.35. The Kier molecular flexibility index (Phi) is 6.09. The molecule has 1 amide bonds. The van der Waals surface area contributed by atoms with Crippen LogP contribution in [0.15, 0.2) is 12.3 Å². The predicted octanol–water partition coefficient (Wildman–Crippen LogP) is 3.33. The Balaban J connectivity index is 2.65. The Labute approximate surface area is 120 Å². The van der Waals surface area contributed by atoms with Gasteiger partial charge in [-0.1, -0.05) is 31.9 Å². The molecule has 1 heterocycles. The molecular weight excluding hydrogens is 262 g/mol. The Morgan fingerprint density at radius 1 is 1.47 bits per heavy atom. The van der Waals surface area contributed by atoms with Crippen LogP contribution in [0, 0.1) is 5.92 Å². The van der Waals surface area contributed by atoms with Crippen LogP contribution >= 0.6 is 11.6 Å². The number of amides is 1. The van der Waals surface area contributed by atoms with Gasteiger partial charge in [-0.25, -0.2) is 4.98 Å². The van der Waals surface area contributed by atoms with Gasteiger partial charge in [0.1, 0.15) is 5.82 Å². The fraction of sp³-hybridized carbons (Fsp3) is 0.571. The quantitative estimate of drug-likeness (QED) is 0.842. The zero-order valence-electron chi connectivity index (χ0n) is 12.0. The van der Waals surface area contributed by atoms with Gasteiger partial charge in [-0.15, -0.1) is 0 Å². The summed E-state index contributed by atoms with van der Waals surface area (Å²) in [7, 11) is 1.74. The minimum absolute atomic E-state index is 0.132. The first-order valence-corrected chi connectivity index (χ1v) is 6.99. The van der Waals surface area contributed by atoms with Gasteiger partial charge < -0.3 is 10.6 Å². The first-order chi connectivity index (χ1) is 8.97. The molecule has 0 spiro atoms. The van der Waals surface area contributed by atoms with Gasteiger partial charge in [-0.05, 0) is 25.3 Å². The molecule has 1 rings (SSSR count). The Morgan fingerprint density at radius 2 is 2.16 bits per heavy atom. The minimum Gasteiger partial charge on any atom is -0.372 e. The lowest BCUT2D eigenvalue weighted by molar-refractivity contribution is 0.0935. The first-order valence-electron chi connectivity index (χ1n) is 6.62. The number of carbonyl (C=O) groups is 1. The number of carbonyl (C=O) groups excluding carboxylic acids is 1. The Bertz CT molecular complexity index is 437. The third-order valence-corrected chi connectivity index (χ3v) is 3.46. The number of aromatic nitrogens is 1. The Morgan fingerprint density at radius 3 is 2.68 bits per heavy atom. The number of pyridine rings is 1. The van der Waals surface area contributed by atoms with E-state index in [1.807, 2.05) is 6.92 Å². The van der Waals surface area contributed by atoms with Gasteiger partial charge in [0, 0.05) is 19.3 Å². The average molecular weight is 284 g/mol. The smallest absolute Gasteiger partial charge is 0.253 e. The molecule has 0 aliphatic rings. The molecule has 0 bridgehead atoms. The summed E-state index contributed by atoms with van der Waals surface area (Å²) in [6.07, 6.45) is 3.62. The normalized spacial score (nSPS) is 13.7. The second kappa shape index (κ2) is 7.34. The van der Waals surface area contributed by atoms with Gasteiger partial charge in [-0.2, -0.15) is 0 Å². The molecule has 0 aliphatic carbocycles. The molecule has 4 nitrogen and oxygen atoms in total. The van der Waals surface area contributed by atoms with Crippen LogP contribution in [0.2, 0.25) is 5.02 Å². The number of nitrogens with one attached hydrogen (secondary N) is 2. The van der Waals surface area contributed by atoms with E-state index in [0.717, 1.165) is 12.8 Å². The minimum atomic E-state index is -0.132. The van der Waals surface area contributed by atoms with Crippen LogP contribution in [0.1, 0.15) is 44.0 Å². The maximum Gasteiger partial charge on any atom is 0.253 e. The summed E-state index contributed by atoms with van der Waals surface area (Å²) in [5, 5.41) is 6.28. The van der Waals surface area contributed by atoms with Crippen LogP contribution < -0.4 is 10.6 Å². The van der Waals surface area contributed by atoms with E-state index in [-0.39, 0.29) is 11.9 Å². The molecule has 19 heavy (non-hydrogen) atoms. The van der Waals surface area contributed by atoms with Crippen molar-refractivity contribution >= 4 is 23.3 Å². The average Bonchev–Trinajstić information content (AvgIpc) is 2.38. The van der Waals surface area contributed by atoms with Gasteiger partial charge in [0.2, 0.25) is 0 Å². The molecule has 0 aliphatic heterocycles. The molecule has 106 valence electrons. The maximum absolute atomic E-state index is 12.0. The fourth-order valence-corrected chi connectivity index (χ4v) is 2.14. The second-order valence-corrected chi connectivity index (χ2v) is 5.34. The van der Waals surface area contributed by atoms with Crippen molar-refractivity contribution in [3.8, 4) is 0 Å². The summed E-state index contributed by atoms with van der Waals surface area (Å²) in [5.41, 5.74) is 0.486. The van der Waals surface area contributed by atoms with Crippen LogP contribution in [-0.2, 0) is 0 Å². The van der Waals surface area contributed by atoms with E-state index in [0.29, 0.717) is 22.3 Å². The van der Waals surface area contributed by atoms with Crippen LogP contribution in [0.4, 0.5) is 5.82 Å². The monoisotopic (exact) mass is 283 g/mol. The van der Waals surface area contributed by atoms with Gasteiger partial charge in [0.25, 0.3) is 5.91 Å². The van der Waals surface area contributed by atoms with Gasteiger partial charge in [-0.3, -0.25) is 4.79 Å². The van der Waals surface area contributed by atoms with Crippen LogP contribution in [0.5, 0.6) is 0 Å². The predicted molar refractivity (Wildman–Crippen MR) is 79.8 cm³/mol. The molecule has 1 aromatic rings. The Hall–Kier alpha value is -1.29. The lowest BCUT2D eigenvalue weighted by Crippen LogP contribution is -2.33. The number of hydrogen-bond acceptors (Lipinski definition) is 3. The zero-order chi connectivity index (χ0) is 14.4. The van der Waals surface area contributed by atoms with E-state index in [1.54, 1.807) is 13.1 Å². The summed E-state index contributed by atoms with van der Waals surface area (Å²) in [4.78, 5) is 16.1. The van der Waals surface area contributed by atoms with Crippen molar-refractivity contribution < 1.29 is 4.79 Å². The van der Waals surface area contributed by atoms with Crippen LogP contribution in [-0.4, -0.2) is 24.0 Å². The van der Waals surface area contributed by atoms with E-state index in [2.05, 4.69) is 29.5 Å². The van der Waals surface area contributed by atoms with Crippen molar-refractivity contribution in [2.24, 2.45) is 5.92 Å². The fourth-order valence-electron chi connectivity index (χ4n) is 1.88. The van der Waals surface area contributed by atoms with E-state index in [4.69, 9.17) is 11.6 Å². The highest BCUT2D eigenvalue weighted by Gasteiger charge is 2.13. The summed E-state index contributed by atoms with van der Waals surface area (Å²) in [5.74, 6) is 1.04. The molecule has 2 N–H and O–H groups in total. The van der Waals surface area contributed by atoms with E-state index >= 15 is 0 Å². The van der Waals surface area contributed by atoms with Crippen LogP contribution in [0.3, 0.4) is 0 Å². The maximum atomic E-state index is 12.0. The van der Waals surface area contributed by atoms with Crippen molar-refractivity contribution in [2.45, 2.75) is 39.7 Å². The van der Waals surface area contributed by atoms with Crippen molar-refractivity contribution in [1.82, 2.24) is 10.3 Å². The van der Waals surface area contributed by atoms with Crippen LogP contribution in [0.25, 0.3) is 0 Å². The highest BCUT2D eigenvalue weighted by atomic mass is 35.5. The van der Waals surface area contributed by atoms with Crippen molar-refractivity contribution in [1.29, 1.82) is 0 Å². The SMILES string of the molecule is CCC(C)CC(C)NC(=O)c1cnc(NC)c(Cl)c1. The zero-order valence-corrected chi connectivity index (χ0v) is 12.7. The van der Waals surface area contributed by atoms with E-state index < -0.39 is 0 Å². The van der Waals surface area contributed by atoms with Gasteiger partial charge in [0.15, 0.2) is 0 Å². The van der Waals surface area contributed by atoms with Crippen molar-refractivity contribution in [3.05, 3.63) is 22.8 Å². The van der Waals surface area contributed by atoms with E-state index in [1.165, 1.54) is 6.20 Å².